The van der Waals surface area contributed by atoms with Crippen molar-refractivity contribution < 1.29 is 10.2 Å². The quantitative estimate of drug-likeness (QED) is 0.713. The zero-order valence-electron chi connectivity index (χ0n) is 7.98. The van der Waals surface area contributed by atoms with E-state index in [9.17, 15) is 5.11 Å². The Morgan fingerprint density at radius 1 is 1.14 bits per heavy atom. The van der Waals surface area contributed by atoms with Gasteiger partial charge in [-0.2, -0.15) is 0 Å². The molecule has 1 aliphatic carbocycles. The van der Waals surface area contributed by atoms with Gasteiger partial charge in [0.05, 0.1) is 6.10 Å². The summed E-state index contributed by atoms with van der Waals surface area (Å²) in [5, 5.41) is 18.5. The summed E-state index contributed by atoms with van der Waals surface area (Å²) in [7, 11) is 0. The Balaban J connectivity index is 2.19. The first-order chi connectivity index (χ1) is 6.75. The lowest BCUT2D eigenvalue weighted by Crippen LogP contribution is -2.09. The lowest BCUT2D eigenvalue weighted by molar-refractivity contribution is 0.166. The van der Waals surface area contributed by atoms with Crippen molar-refractivity contribution in [3.63, 3.8) is 0 Å². The molecule has 14 heavy (non-hydrogen) atoms. The fourth-order valence-electron chi connectivity index (χ4n) is 1.76. The van der Waals surface area contributed by atoms with Crippen molar-refractivity contribution in [1.29, 1.82) is 0 Å². The predicted molar refractivity (Wildman–Crippen MR) is 55.9 cm³/mol. The Morgan fingerprint density at radius 2 is 1.86 bits per heavy atom. The summed E-state index contributed by atoms with van der Waals surface area (Å²) in [6.07, 6.45) is 4.42. The number of phenols is 1. The van der Waals surface area contributed by atoms with Gasteiger partial charge in [0.2, 0.25) is 0 Å². The highest BCUT2D eigenvalue weighted by Crippen LogP contribution is 2.27. The minimum Gasteiger partial charge on any atom is -0.508 e. The molecule has 1 aromatic carbocycles. The van der Waals surface area contributed by atoms with Gasteiger partial charge in [0, 0.05) is 0 Å². The van der Waals surface area contributed by atoms with Crippen LogP contribution in [0.1, 0.15) is 24.8 Å². The first-order valence-electron chi connectivity index (χ1n) is 4.92. The van der Waals surface area contributed by atoms with Gasteiger partial charge in [0.15, 0.2) is 0 Å². The van der Waals surface area contributed by atoms with E-state index >= 15 is 0 Å². The van der Waals surface area contributed by atoms with E-state index in [1.54, 1.807) is 12.1 Å². The zero-order valence-corrected chi connectivity index (χ0v) is 7.98. The molecule has 2 rings (SSSR count). The highest BCUT2D eigenvalue weighted by molar-refractivity contribution is 5.66. The van der Waals surface area contributed by atoms with Crippen LogP contribution in [0.2, 0.25) is 0 Å². The van der Waals surface area contributed by atoms with Crippen molar-refractivity contribution in [3.05, 3.63) is 35.9 Å². The highest BCUT2D eigenvalue weighted by Gasteiger charge is 2.12. The summed E-state index contributed by atoms with van der Waals surface area (Å²) in [6, 6.07) is 7.22. The Hall–Kier alpha value is -1.28. The van der Waals surface area contributed by atoms with E-state index in [0.29, 0.717) is 5.75 Å². The van der Waals surface area contributed by atoms with Gasteiger partial charge in [-0.05, 0) is 42.5 Å². The molecule has 0 bridgehead atoms. The molecule has 0 aromatic heterocycles. The van der Waals surface area contributed by atoms with Gasteiger partial charge in [-0.15, -0.1) is 0 Å². The van der Waals surface area contributed by atoms with Crippen LogP contribution in [0.3, 0.4) is 0 Å². The molecule has 0 saturated heterocycles. The maximum Gasteiger partial charge on any atom is 0.115 e. The third-order valence-corrected chi connectivity index (χ3v) is 2.62. The molecule has 2 N–H and O–H groups in total. The van der Waals surface area contributed by atoms with Crippen LogP contribution < -0.4 is 0 Å². The molecule has 0 saturated carbocycles. The molecular weight excluding hydrogens is 176 g/mol. The number of phenolic OH excluding ortho intramolecular Hbond substituents is 1. The topological polar surface area (TPSA) is 40.5 Å². The molecule has 0 heterocycles. The van der Waals surface area contributed by atoms with E-state index < -0.39 is 0 Å². The van der Waals surface area contributed by atoms with E-state index in [0.717, 1.165) is 24.8 Å². The van der Waals surface area contributed by atoms with Crippen LogP contribution in [-0.2, 0) is 0 Å². The number of benzene rings is 1. The molecule has 0 spiro atoms. The fourth-order valence-corrected chi connectivity index (χ4v) is 1.76. The zero-order chi connectivity index (χ0) is 9.97. The van der Waals surface area contributed by atoms with Crippen LogP contribution in [-0.4, -0.2) is 16.3 Å². The second kappa shape index (κ2) is 3.84. The first kappa shape index (κ1) is 9.28. The van der Waals surface area contributed by atoms with Gasteiger partial charge < -0.3 is 10.2 Å². The van der Waals surface area contributed by atoms with Crippen molar-refractivity contribution in [2.75, 3.05) is 0 Å². The highest BCUT2D eigenvalue weighted by atomic mass is 16.3. The average molecular weight is 190 g/mol. The molecule has 74 valence electrons. The molecule has 1 aliphatic rings. The number of allylic oxidation sites excluding steroid dienone is 1. The summed E-state index contributed by atoms with van der Waals surface area (Å²) in [5.41, 5.74) is 2.42. The summed E-state index contributed by atoms with van der Waals surface area (Å²) < 4.78 is 0. The van der Waals surface area contributed by atoms with Crippen LogP contribution in [0.25, 0.3) is 5.57 Å². The Kier molecular flexibility index (Phi) is 2.55. The molecule has 1 unspecified atom stereocenters. The van der Waals surface area contributed by atoms with Gasteiger partial charge >= 0.3 is 0 Å². The van der Waals surface area contributed by atoms with E-state index in [4.69, 9.17) is 5.11 Å². The number of rotatable bonds is 1. The van der Waals surface area contributed by atoms with Crippen molar-refractivity contribution in [2.24, 2.45) is 0 Å². The van der Waals surface area contributed by atoms with E-state index in [-0.39, 0.29) is 6.10 Å². The normalized spacial score (nSPS) is 21.8. The summed E-state index contributed by atoms with van der Waals surface area (Å²) in [5.74, 6) is 0.296. The predicted octanol–water partition coefficient (Wildman–Crippen LogP) is 2.32. The smallest absolute Gasteiger partial charge is 0.115 e. The molecule has 1 atom stereocenters. The molecule has 0 aliphatic heterocycles. The molecule has 2 nitrogen and oxygen atoms in total. The molecule has 0 fully saturated rings. The minimum atomic E-state index is -0.170. The Labute approximate surface area is 83.5 Å². The van der Waals surface area contributed by atoms with E-state index in [1.165, 1.54) is 5.57 Å². The van der Waals surface area contributed by atoms with Gasteiger partial charge in [0.1, 0.15) is 5.75 Å². The SMILES string of the molecule is Oc1ccc(C2=CCC(O)CC2)cc1. The van der Waals surface area contributed by atoms with Crippen LogP contribution >= 0.6 is 0 Å². The van der Waals surface area contributed by atoms with Crippen molar-refractivity contribution in [3.8, 4) is 5.75 Å². The van der Waals surface area contributed by atoms with Crippen LogP contribution in [0, 0.1) is 0 Å². The maximum absolute atomic E-state index is 9.33. The van der Waals surface area contributed by atoms with Crippen LogP contribution in [0.4, 0.5) is 0 Å². The lowest BCUT2D eigenvalue weighted by Gasteiger charge is -2.17. The molecular formula is C12H14O2. The molecule has 0 amide bonds. The number of aliphatic hydroxyl groups excluding tert-OH is 1. The third kappa shape index (κ3) is 1.96. The number of hydrogen-bond acceptors (Lipinski definition) is 2. The average Bonchev–Trinajstić information content (AvgIpc) is 2.21. The third-order valence-electron chi connectivity index (χ3n) is 2.62. The molecule has 1 aromatic rings. The van der Waals surface area contributed by atoms with Crippen LogP contribution in [0.15, 0.2) is 30.3 Å². The summed E-state index contributed by atoms with van der Waals surface area (Å²) in [6.45, 7) is 0. The van der Waals surface area contributed by atoms with E-state index in [1.807, 2.05) is 12.1 Å². The van der Waals surface area contributed by atoms with Crippen LogP contribution in [0.5, 0.6) is 5.75 Å². The molecule has 0 radical (unpaired) electrons. The Bertz CT molecular complexity index is 338. The maximum atomic E-state index is 9.33. The monoisotopic (exact) mass is 190 g/mol. The number of aromatic hydroxyl groups is 1. The van der Waals surface area contributed by atoms with Gasteiger partial charge in [-0.25, -0.2) is 0 Å². The largest absolute Gasteiger partial charge is 0.508 e. The summed E-state index contributed by atoms with van der Waals surface area (Å²) >= 11 is 0. The van der Waals surface area contributed by atoms with Crippen molar-refractivity contribution in [2.45, 2.75) is 25.4 Å². The number of aliphatic hydroxyl groups is 1. The van der Waals surface area contributed by atoms with Gasteiger partial charge in [0.25, 0.3) is 0 Å². The first-order valence-corrected chi connectivity index (χ1v) is 4.92. The Morgan fingerprint density at radius 3 is 2.43 bits per heavy atom. The second-order valence-corrected chi connectivity index (χ2v) is 3.70. The summed E-state index contributed by atoms with van der Waals surface area (Å²) in [4.78, 5) is 0. The fraction of sp³-hybridized carbons (Fsp3) is 0.333. The van der Waals surface area contributed by atoms with Gasteiger partial charge in [-0.3, -0.25) is 0 Å². The van der Waals surface area contributed by atoms with Crippen molar-refractivity contribution >= 4 is 5.57 Å². The minimum absolute atomic E-state index is 0.170. The lowest BCUT2D eigenvalue weighted by atomic mass is 9.92. The second-order valence-electron chi connectivity index (χ2n) is 3.70. The number of hydrogen-bond donors (Lipinski definition) is 2. The standard InChI is InChI=1S/C12H14O2/c13-11-5-1-9(2-6-11)10-3-7-12(14)8-4-10/h1-3,5-6,12-14H,4,7-8H2. The van der Waals surface area contributed by atoms with Crippen molar-refractivity contribution in [1.82, 2.24) is 0 Å². The molecule has 2 heteroatoms. The van der Waals surface area contributed by atoms with Gasteiger partial charge in [-0.1, -0.05) is 18.2 Å². The van der Waals surface area contributed by atoms with E-state index in [2.05, 4.69) is 6.08 Å².